The number of rotatable bonds is 2. The van der Waals surface area contributed by atoms with Gasteiger partial charge in [0.2, 0.25) is 0 Å². The van der Waals surface area contributed by atoms with Gasteiger partial charge >= 0.3 is 5.97 Å². The number of carboxylic acid groups (broad SMARTS) is 1. The number of hydrogen-bond acceptors (Lipinski definition) is 3. The van der Waals surface area contributed by atoms with Crippen LogP contribution in [0, 0.1) is 13.8 Å². The van der Waals surface area contributed by atoms with E-state index in [-0.39, 0.29) is 5.69 Å². The van der Waals surface area contributed by atoms with E-state index in [4.69, 9.17) is 5.11 Å². The molecule has 0 atom stereocenters. The lowest BCUT2D eigenvalue weighted by Crippen LogP contribution is -2.02. The second kappa shape index (κ2) is 3.77. The SMILES string of the molecule is Cc1cc(C)cc(-n2ncc(C(=O)O)n2)c1. The summed E-state index contributed by atoms with van der Waals surface area (Å²) >= 11 is 0. The molecule has 1 heterocycles. The Hall–Kier alpha value is -2.17. The van der Waals surface area contributed by atoms with Gasteiger partial charge in [-0.15, -0.1) is 5.10 Å². The van der Waals surface area contributed by atoms with Gasteiger partial charge in [-0.1, -0.05) is 6.07 Å². The molecular weight excluding hydrogens is 206 g/mol. The van der Waals surface area contributed by atoms with Crippen LogP contribution < -0.4 is 0 Å². The molecule has 0 bridgehead atoms. The molecule has 2 rings (SSSR count). The Morgan fingerprint density at radius 3 is 2.38 bits per heavy atom. The average Bonchev–Trinajstić information content (AvgIpc) is 2.64. The van der Waals surface area contributed by atoms with Crippen LogP contribution in [0.3, 0.4) is 0 Å². The fourth-order valence-electron chi connectivity index (χ4n) is 1.55. The molecule has 0 aliphatic rings. The minimum Gasteiger partial charge on any atom is -0.476 e. The first kappa shape index (κ1) is 10.4. The summed E-state index contributed by atoms with van der Waals surface area (Å²) in [6.45, 7) is 3.94. The van der Waals surface area contributed by atoms with E-state index in [1.54, 1.807) is 0 Å². The number of benzene rings is 1. The van der Waals surface area contributed by atoms with Crippen LogP contribution in [0.2, 0.25) is 0 Å². The lowest BCUT2D eigenvalue weighted by atomic mass is 10.1. The molecule has 1 aromatic carbocycles. The van der Waals surface area contributed by atoms with Crippen LogP contribution in [-0.2, 0) is 0 Å². The van der Waals surface area contributed by atoms with E-state index in [1.165, 1.54) is 11.0 Å². The molecule has 0 aliphatic carbocycles. The first-order valence-electron chi connectivity index (χ1n) is 4.80. The van der Waals surface area contributed by atoms with E-state index in [0.717, 1.165) is 16.8 Å². The van der Waals surface area contributed by atoms with Gasteiger partial charge in [-0.05, 0) is 37.1 Å². The summed E-state index contributed by atoms with van der Waals surface area (Å²) in [6, 6.07) is 5.84. The second-order valence-electron chi connectivity index (χ2n) is 3.67. The summed E-state index contributed by atoms with van der Waals surface area (Å²) in [4.78, 5) is 12.0. The third-order valence-electron chi connectivity index (χ3n) is 2.15. The monoisotopic (exact) mass is 217 g/mol. The number of nitrogens with zero attached hydrogens (tertiary/aromatic N) is 3. The minimum atomic E-state index is -1.07. The number of aromatic nitrogens is 3. The molecule has 1 aromatic heterocycles. The van der Waals surface area contributed by atoms with Crippen LogP contribution in [0.15, 0.2) is 24.4 Å². The fraction of sp³-hybridized carbons (Fsp3) is 0.182. The van der Waals surface area contributed by atoms with Crippen molar-refractivity contribution in [3.63, 3.8) is 0 Å². The second-order valence-corrected chi connectivity index (χ2v) is 3.67. The van der Waals surface area contributed by atoms with Gasteiger partial charge in [0.25, 0.3) is 0 Å². The standard InChI is InChI=1S/C11H11N3O2/c1-7-3-8(2)5-9(4-7)14-12-6-10(13-14)11(15)16/h3-6H,1-2H3,(H,15,16). The van der Waals surface area contributed by atoms with E-state index in [2.05, 4.69) is 10.2 Å². The Labute approximate surface area is 92.3 Å². The highest BCUT2D eigenvalue weighted by molar-refractivity contribution is 5.84. The van der Waals surface area contributed by atoms with Gasteiger partial charge in [0.05, 0.1) is 11.9 Å². The quantitative estimate of drug-likeness (QED) is 0.829. The molecule has 0 unspecified atom stereocenters. The van der Waals surface area contributed by atoms with Crippen molar-refractivity contribution in [1.82, 2.24) is 15.0 Å². The highest BCUT2D eigenvalue weighted by Gasteiger charge is 2.09. The van der Waals surface area contributed by atoms with E-state index in [1.807, 2.05) is 32.0 Å². The van der Waals surface area contributed by atoms with Gasteiger partial charge in [0, 0.05) is 0 Å². The first-order chi connectivity index (χ1) is 7.56. The summed E-state index contributed by atoms with van der Waals surface area (Å²) in [5, 5.41) is 16.5. The number of aromatic carboxylic acids is 1. The van der Waals surface area contributed by atoms with Crippen LogP contribution >= 0.6 is 0 Å². The molecule has 2 aromatic rings. The zero-order valence-electron chi connectivity index (χ0n) is 9.01. The van der Waals surface area contributed by atoms with E-state index in [0.29, 0.717) is 0 Å². The Bertz CT molecular complexity index is 526. The molecule has 1 N–H and O–H groups in total. The number of aryl methyl sites for hydroxylation is 2. The maximum absolute atomic E-state index is 10.7. The third kappa shape index (κ3) is 1.93. The molecule has 0 saturated carbocycles. The maximum Gasteiger partial charge on any atom is 0.358 e. The molecule has 0 aliphatic heterocycles. The van der Waals surface area contributed by atoms with Crippen LogP contribution in [0.4, 0.5) is 0 Å². The van der Waals surface area contributed by atoms with Crippen LogP contribution in [0.5, 0.6) is 0 Å². The maximum atomic E-state index is 10.7. The van der Waals surface area contributed by atoms with Crippen molar-refractivity contribution >= 4 is 5.97 Å². The molecule has 0 saturated heterocycles. The molecule has 0 radical (unpaired) electrons. The Kier molecular flexibility index (Phi) is 2.44. The van der Waals surface area contributed by atoms with Gasteiger partial charge < -0.3 is 5.11 Å². The van der Waals surface area contributed by atoms with E-state index >= 15 is 0 Å². The van der Waals surface area contributed by atoms with Gasteiger partial charge in [0.15, 0.2) is 5.69 Å². The number of hydrogen-bond donors (Lipinski definition) is 1. The van der Waals surface area contributed by atoms with Crippen molar-refractivity contribution in [2.45, 2.75) is 13.8 Å². The summed E-state index contributed by atoms with van der Waals surface area (Å²) in [7, 11) is 0. The van der Waals surface area contributed by atoms with Crippen molar-refractivity contribution in [3.8, 4) is 5.69 Å². The average molecular weight is 217 g/mol. The summed E-state index contributed by atoms with van der Waals surface area (Å²) in [5.74, 6) is -1.07. The topological polar surface area (TPSA) is 68.0 Å². The van der Waals surface area contributed by atoms with Gasteiger partial charge in [-0.25, -0.2) is 4.79 Å². The fourth-order valence-corrected chi connectivity index (χ4v) is 1.55. The Morgan fingerprint density at radius 2 is 1.88 bits per heavy atom. The van der Waals surface area contributed by atoms with Crippen molar-refractivity contribution < 1.29 is 9.90 Å². The minimum absolute atomic E-state index is 0.0563. The van der Waals surface area contributed by atoms with E-state index in [9.17, 15) is 4.79 Å². The third-order valence-corrected chi connectivity index (χ3v) is 2.15. The zero-order valence-corrected chi connectivity index (χ0v) is 9.01. The normalized spacial score (nSPS) is 10.4. The van der Waals surface area contributed by atoms with Gasteiger partial charge in [-0.2, -0.15) is 9.90 Å². The largest absolute Gasteiger partial charge is 0.476 e. The first-order valence-corrected chi connectivity index (χ1v) is 4.80. The molecule has 16 heavy (non-hydrogen) atoms. The molecule has 0 fully saturated rings. The van der Waals surface area contributed by atoms with Crippen molar-refractivity contribution in [2.24, 2.45) is 0 Å². The highest BCUT2D eigenvalue weighted by Crippen LogP contribution is 2.11. The lowest BCUT2D eigenvalue weighted by Gasteiger charge is -2.02. The molecule has 82 valence electrons. The summed E-state index contributed by atoms with van der Waals surface area (Å²) in [5.41, 5.74) is 2.89. The van der Waals surface area contributed by atoms with Crippen molar-refractivity contribution in [2.75, 3.05) is 0 Å². The van der Waals surface area contributed by atoms with E-state index < -0.39 is 5.97 Å². The predicted molar refractivity (Wildman–Crippen MR) is 57.8 cm³/mol. The Balaban J connectivity index is 2.46. The van der Waals surface area contributed by atoms with Crippen LogP contribution in [-0.4, -0.2) is 26.1 Å². The van der Waals surface area contributed by atoms with Gasteiger partial charge in [-0.3, -0.25) is 0 Å². The molecular formula is C11H11N3O2. The summed E-state index contributed by atoms with van der Waals surface area (Å²) < 4.78 is 0. The van der Waals surface area contributed by atoms with Gasteiger partial charge in [0.1, 0.15) is 0 Å². The number of carbonyl (C=O) groups is 1. The molecule has 0 amide bonds. The van der Waals surface area contributed by atoms with Crippen molar-refractivity contribution in [1.29, 1.82) is 0 Å². The number of carboxylic acids is 1. The molecule has 5 heteroatoms. The predicted octanol–water partition coefficient (Wildman–Crippen LogP) is 1.58. The zero-order chi connectivity index (χ0) is 11.7. The van der Waals surface area contributed by atoms with Crippen LogP contribution in [0.25, 0.3) is 5.69 Å². The van der Waals surface area contributed by atoms with Crippen molar-refractivity contribution in [3.05, 3.63) is 41.2 Å². The van der Waals surface area contributed by atoms with Crippen LogP contribution in [0.1, 0.15) is 21.6 Å². The summed E-state index contributed by atoms with van der Waals surface area (Å²) in [6.07, 6.45) is 1.24. The molecule has 0 spiro atoms. The lowest BCUT2D eigenvalue weighted by molar-refractivity contribution is 0.0690. The smallest absolute Gasteiger partial charge is 0.358 e. The molecule has 5 nitrogen and oxygen atoms in total. The Morgan fingerprint density at radius 1 is 1.25 bits per heavy atom. The highest BCUT2D eigenvalue weighted by atomic mass is 16.4.